The van der Waals surface area contributed by atoms with Gasteiger partial charge in [-0.05, 0) is 24.3 Å². The fourth-order valence-corrected chi connectivity index (χ4v) is 2.08. The number of aromatic nitrogens is 3. The Morgan fingerprint density at radius 1 is 1.09 bits per heavy atom. The average Bonchev–Trinajstić information content (AvgIpc) is 2.45. The fraction of sp³-hybridized carbons (Fsp3) is 0.267. The summed E-state index contributed by atoms with van der Waals surface area (Å²) >= 11 is 0. The highest BCUT2D eigenvalue weighted by Crippen LogP contribution is 2.11. The van der Waals surface area contributed by atoms with Gasteiger partial charge in [0, 0.05) is 5.56 Å². The van der Waals surface area contributed by atoms with Crippen LogP contribution >= 0.6 is 0 Å². The van der Waals surface area contributed by atoms with Crippen molar-refractivity contribution in [1.29, 1.82) is 0 Å². The summed E-state index contributed by atoms with van der Waals surface area (Å²) in [5.74, 6) is 1.73. The SMILES string of the molecule is C=CCOc1ccc(C[NH+](C)Cc2nc(N)nc(N)n2)cc1. The van der Waals surface area contributed by atoms with Gasteiger partial charge in [-0.25, -0.2) is 0 Å². The average molecular weight is 301 g/mol. The minimum absolute atomic E-state index is 0.152. The van der Waals surface area contributed by atoms with Crippen molar-refractivity contribution in [3.8, 4) is 5.75 Å². The maximum atomic E-state index is 5.57. The summed E-state index contributed by atoms with van der Waals surface area (Å²) in [7, 11) is 2.05. The largest absolute Gasteiger partial charge is 0.490 e. The van der Waals surface area contributed by atoms with E-state index in [1.165, 1.54) is 10.5 Å². The summed E-state index contributed by atoms with van der Waals surface area (Å²) in [5, 5.41) is 0. The van der Waals surface area contributed by atoms with Gasteiger partial charge in [0.05, 0.1) is 7.05 Å². The molecule has 7 heteroatoms. The van der Waals surface area contributed by atoms with Gasteiger partial charge in [-0.15, -0.1) is 0 Å². The number of ether oxygens (including phenoxy) is 1. The molecule has 22 heavy (non-hydrogen) atoms. The number of hydrogen-bond donors (Lipinski definition) is 3. The molecule has 0 saturated heterocycles. The molecule has 0 spiro atoms. The van der Waals surface area contributed by atoms with E-state index in [-0.39, 0.29) is 11.9 Å². The van der Waals surface area contributed by atoms with Crippen molar-refractivity contribution >= 4 is 11.9 Å². The molecule has 0 fully saturated rings. The van der Waals surface area contributed by atoms with Crippen molar-refractivity contribution in [3.63, 3.8) is 0 Å². The topological polar surface area (TPSA) is 104 Å². The summed E-state index contributed by atoms with van der Waals surface area (Å²) in [5.41, 5.74) is 12.3. The molecule has 0 radical (unpaired) electrons. The lowest BCUT2D eigenvalue weighted by molar-refractivity contribution is -0.908. The van der Waals surface area contributed by atoms with Crippen molar-refractivity contribution in [2.24, 2.45) is 0 Å². The van der Waals surface area contributed by atoms with E-state index in [1.54, 1.807) is 6.08 Å². The molecule has 1 atom stereocenters. The number of rotatable bonds is 7. The molecule has 1 unspecified atom stereocenters. The van der Waals surface area contributed by atoms with Crippen LogP contribution in [0.2, 0.25) is 0 Å². The Morgan fingerprint density at radius 3 is 2.32 bits per heavy atom. The van der Waals surface area contributed by atoms with E-state index < -0.39 is 0 Å². The van der Waals surface area contributed by atoms with Crippen molar-refractivity contribution in [1.82, 2.24) is 15.0 Å². The number of anilines is 2. The molecule has 0 amide bonds. The maximum Gasteiger partial charge on any atom is 0.225 e. The van der Waals surface area contributed by atoms with Crippen LogP contribution in [0.4, 0.5) is 11.9 Å². The first kappa shape index (κ1) is 15.7. The number of hydrogen-bond acceptors (Lipinski definition) is 6. The molecule has 2 aromatic rings. The van der Waals surface area contributed by atoms with Crippen molar-refractivity contribution < 1.29 is 9.64 Å². The van der Waals surface area contributed by atoms with Crippen molar-refractivity contribution in [2.45, 2.75) is 13.1 Å². The number of nitrogen functional groups attached to an aromatic ring is 2. The fourth-order valence-electron chi connectivity index (χ4n) is 2.08. The highest BCUT2D eigenvalue weighted by molar-refractivity contribution is 5.27. The number of quaternary nitrogens is 1. The zero-order valence-electron chi connectivity index (χ0n) is 12.6. The second-order valence-electron chi connectivity index (χ2n) is 5.02. The smallest absolute Gasteiger partial charge is 0.225 e. The van der Waals surface area contributed by atoms with Gasteiger partial charge in [0.15, 0.2) is 5.82 Å². The standard InChI is InChI=1S/C15H20N6O/c1-3-8-22-12-6-4-11(5-7-12)9-21(2)10-13-18-14(16)20-15(17)19-13/h3-7H,1,8-10H2,2H3,(H4,16,17,18,19,20)/p+1. The van der Waals surface area contributed by atoms with E-state index in [0.717, 1.165) is 12.3 Å². The van der Waals surface area contributed by atoms with Gasteiger partial charge in [0.1, 0.15) is 25.4 Å². The monoisotopic (exact) mass is 301 g/mol. The molecule has 2 rings (SSSR count). The highest BCUT2D eigenvalue weighted by atomic mass is 16.5. The third-order valence-corrected chi connectivity index (χ3v) is 2.97. The predicted molar refractivity (Wildman–Crippen MR) is 85.1 cm³/mol. The van der Waals surface area contributed by atoms with Gasteiger partial charge in [-0.3, -0.25) is 0 Å². The van der Waals surface area contributed by atoms with E-state index in [0.29, 0.717) is 19.0 Å². The van der Waals surface area contributed by atoms with Gasteiger partial charge >= 0.3 is 0 Å². The minimum Gasteiger partial charge on any atom is -0.490 e. The van der Waals surface area contributed by atoms with Gasteiger partial charge in [0.2, 0.25) is 11.9 Å². The Bertz CT molecular complexity index is 608. The molecule has 0 aliphatic carbocycles. The van der Waals surface area contributed by atoms with Crippen LogP contribution in [0, 0.1) is 0 Å². The van der Waals surface area contributed by atoms with Gasteiger partial charge < -0.3 is 21.1 Å². The predicted octanol–water partition coefficient (Wildman–Crippen LogP) is -0.184. The first-order chi connectivity index (χ1) is 10.6. The van der Waals surface area contributed by atoms with Crippen LogP contribution < -0.4 is 21.1 Å². The normalized spacial score (nSPS) is 11.9. The number of nitrogens with two attached hydrogens (primary N) is 2. The molecule has 1 heterocycles. The first-order valence-electron chi connectivity index (χ1n) is 6.96. The van der Waals surface area contributed by atoms with Crippen LogP contribution in [-0.4, -0.2) is 28.6 Å². The van der Waals surface area contributed by atoms with Crippen molar-refractivity contribution in [2.75, 3.05) is 25.1 Å². The summed E-state index contributed by atoms with van der Waals surface area (Å²) in [4.78, 5) is 13.2. The van der Waals surface area contributed by atoms with E-state index in [4.69, 9.17) is 16.2 Å². The Hall–Kier alpha value is -2.67. The summed E-state index contributed by atoms with van der Waals surface area (Å²) in [6.45, 7) is 5.57. The molecule has 5 N–H and O–H groups in total. The molecule has 1 aromatic heterocycles. The van der Waals surface area contributed by atoms with Crippen LogP contribution in [0.5, 0.6) is 5.75 Å². The lowest BCUT2D eigenvalue weighted by Gasteiger charge is -2.13. The maximum absolute atomic E-state index is 5.57. The van der Waals surface area contributed by atoms with Gasteiger partial charge in [-0.2, -0.15) is 15.0 Å². The van der Waals surface area contributed by atoms with Crippen LogP contribution in [0.1, 0.15) is 11.4 Å². The number of nitrogens with one attached hydrogen (secondary N) is 1. The van der Waals surface area contributed by atoms with E-state index >= 15 is 0 Å². The lowest BCUT2D eigenvalue weighted by atomic mass is 10.2. The molecule has 0 bridgehead atoms. The Balaban J connectivity index is 1.93. The van der Waals surface area contributed by atoms with Crippen molar-refractivity contribution in [3.05, 3.63) is 48.3 Å². The van der Waals surface area contributed by atoms with Gasteiger partial charge in [-0.1, -0.05) is 12.7 Å². The van der Waals surface area contributed by atoms with E-state index in [2.05, 4.69) is 28.6 Å². The van der Waals surface area contributed by atoms with E-state index in [1.807, 2.05) is 24.3 Å². The summed E-state index contributed by atoms with van der Waals surface area (Å²) in [6, 6.07) is 7.98. The molecule has 0 saturated carbocycles. The molecule has 1 aromatic carbocycles. The van der Waals surface area contributed by atoms with Gasteiger partial charge in [0.25, 0.3) is 0 Å². The zero-order chi connectivity index (χ0) is 15.9. The highest BCUT2D eigenvalue weighted by Gasteiger charge is 2.10. The van der Waals surface area contributed by atoms with Crippen LogP contribution in [0.3, 0.4) is 0 Å². The number of nitrogens with zero attached hydrogens (tertiary/aromatic N) is 3. The molecular weight excluding hydrogens is 280 g/mol. The number of benzene rings is 1. The quantitative estimate of drug-likeness (QED) is 0.613. The Kier molecular flexibility index (Phi) is 5.26. The van der Waals surface area contributed by atoms with Crippen LogP contribution in [0.15, 0.2) is 36.9 Å². The third-order valence-electron chi connectivity index (χ3n) is 2.97. The molecule has 116 valence electrons. The molecule has 0 aliphatic heterocycles. The Labute approximate surface area is 129 Å². The first-order valence-corrected chi connectivity index (χ1v) is 6.96. The summed E-state index contributed by atoms with van der Waals surface area (Å²) in [6.07, 6.45) is 1.72. The molecule has 0 aliphatic rings. The minimum atomic E-state index is 0.152. The van der Waals surface area contributed by atoms with Crippen LogP contribution in [-0.2, 0) is 13.1 Å². The lowest BCUT2D eigenvalue weighted by Crippen LogP contribution is -3.06. The molecular formula is C15H21N6O+. The second kappa shape index (κ2) is 7.37. The zero-order valence-corrected chi connectivity index (χ0v) is 12.6. The van der Waals surface area contributed by atoms with Crippen LogP contribution in [0.25, 0.3) is 0 Å². The third kappa shape index (κ3) is 4.71. The second-order valence-corrected chi connectivity index (χ2v) is 5.02. The molecule has 7 nitrogen and oxygen atoms in total. The Morgan fingerprint density at radius 2 is 1.73 bits per heavy atom. The van der Waals surface area contributed by atoms with E-state index in [9.17, 15) is 0 Å². The summed E-state index contributed by atoms with van der Waals surface area (Å²) < 4.78 is 5.46.